The van der Waals surface area contributed by atoms with Crippen molar-refractivity contribution in [1.29, 1.82) is 0 Å². The molecule has 4 heteroatoms. The van der Waals surface area contributed by atoms with E-state index in [-0.39, 0.29) is 21.7 Å². The maximum Gasteiger partial charge on any atom is 0.0465 e. The molecule has 0 amide bonds. The van der Waals surface area contributed by atoms with Gasteiger partial charge in [-0.1, -0.05) is 226 Å². The molecule has 0 saturated heterocycles. The molecule has 2 fully saturated rings. The van der Waals surface area contributed by atoms with E-state index in [0.29, 0.717) is 0 Å². The highest BCUT2D eigenvalue weighted by atomic mass is 15.2. The summed E-state index contributed by atoms with van der Waals surface area (Å²) in [5, 5.41) is 0. The molecule has 16 rings (SSSR count). The maximum absolute atomic E-state index is 2.55. The van der Waals surface area contributed by atoms with Crippen LogP contribution in [0.25, 0.3) is 33.4 Å². The topological polar surface area (TPSA) is 13.0 Å². The van der Waals surface area contributed by atoms with Crippen LogP contribution in [0.1, 0.15) is 139 Å². The number of fused-ring (bicyclic) bond motifs is 10. The second-order valence-electron chi connectivity index (χ2n) is 29.6. The van der Waals surface area contributed by atoms with E-state index < -0.39 is 0 Å². The number of benzene rings is 12. The first-order valence-corrected chi connectivity index (χ1v) is 35.2. The molecule has 4 nitrogen and oxygen atoms in total. The Morgan fingerprint density at radius 2 is 0.458 bits per heavy atom. The minimum atomic E-state index is 0.0242. The standard InChI is InChI=1S/C92H86N4/c1-89(2,3)67-35-43-73(44-36-67)93(69-23-11-7-12-24-69)75-47-51-77(52-48-75)95(79-55-57-83-81-27-15-17-29-85(81)91(87(83)63-79)59-19-9-20-60-91)71-39-31-65(32-40-71)66-33-41-72(42-34-66)96(80-56-58-84-82-28-16-18-30-86(82)92(88(84)64-80)61-21-10-22-62-92)78-53-49-76(50-54-78)94(70-25-13-8-14-26-70)74-45-37-68(38-46-74)90(4,5)6/h7-8,11-18,23-58,63-64H,9-10,19-22,59-62H2,1-6H3. The van der Waals surface area contributed by atoms with Crippen LogP contribution in [0.3, 0.4) is 0 Å². The lowest BCUT2D eigenvalue weighted by Gasteiger charge is -2.36. The smallest absolute Gasteiger partial charge is 0.0465 e. The predicted octanol–water partition coefficient (Wildman–Crippen LogP) is 26.3. The van der Waals surface area contributed by atoms with Crippen molar-refractivity contribution >= 4 is 68.2 Å². The summed E-state index contributed by atoms with van der Waals surface area (Å²) < 4.78 is 0. The number of hydrogen-bond acceptors (Lipinski definition) is 4. The number of nitrogens with zero attached hydrogens (tertiary/aromatic N) is 4. The predicted molar refractivity (Wildman–Crippen MR) is 407 cm³/mol. The van der Waals surface area contributed by atoms with Gasteiger partial charge in [-0.25, -0.2) is 0 Å². The zero-order valence-electron chi connectivity index (χ0n) is 56.6. The van der Waals surface area contributed by atoms with Gasteiger partial charge in [-0.05, 0) is 249 Å². The van der Waals surface area contributed by atoms with Crippen LogP contribution in [0, 0.1) is 0 Å². The van der Waals surface area contributed by atoms with E-state index >= 15 is 0 Å². The van der Waals surface area contributed by atoms with Crippen LogP contribution in [0.15, 0.2) is 291 Å². The lowest BCUT2D eigenvalue weighted by Crippen LogP contribution is -2.28. The molecule has 0 bridgehead atoms. The van der Waals surface area contributed by atoms with Crippen LogP contribution in [0.2, 0.25) is 0 Å². The summed E-state index contributed by atoms with van der Waals surface area (Å²) in [4.78, 5) is 9.72. The molecule has 12 aromatic carbocycles. The molecule has 2 spiro atoms. The van der Waals surface area contributed by atoms with Gasteiger partial charge in [0.15, 0.2) is 0 Å². The molecular formula is C92H86N4. The number of rotatable bonds is 13. The monoisotopic (exact) mass is 1250 g/mol. The van der Waals surface area contributed by atoms with Crippen LogP contribution < -0.4 is 19.6 Å². The highest BCUT2D eigenvalue weighted by Gasteiger charge is 2.45. The number of hydrogen-bond donors (Lipinski definition) is 0. The van der Waals surface area contributed by atoms with Crippen LogP contribution in [-0.2, 0) is 21.7 Å². The fourth-order valence-corrected chi connectivity index (χ4v) is 16.8. The van der Waals surface area contributed by atoms with E-state index in [1.807, 2.05) is 0 Å². The molecule has 0 atom stereocenters. The third kappa shape index (κ3) is 10.9. The molecule has 0 unspecified atom stereocenters. The first-order chi connectivity index (χ1) is 46.8. The molecule has 4 aliphatic rings. The summed E-state index contributed by atoms with van der Waals surface area (Å²) in [5.74, 6) is 0. The van der Waals surface area contributed by atoms with E-state index in [2.05, 4.69) is 352 Å². The van der Waals surface area contributed by atoms with E-state index in [1.165, 1.54) is 142 Å². The molecule has 96 heavy (non-hydrogen) atoms. The maximum atomic E-state index is 2.55. The third-order valence-electron chi connectivity index (χ3n) is 21.8. The Morgan fingerprint density at radius 3 is 0.771 bits per heavy atom. The van der Waals surface area contributed by atoms with Crippen molar-refractivity contribution in [2.75, 3.05) is 19.6 Å². The summed E-state index contributed by atoms with van der Waals surface area (Å²) in [6, 6.07) is 110. The van der Waals surface area contributed by atoms with E-state index in [0.717, 1.165) is 56.9 Å². The average molecular weight is 1250 g/mol. The van der Waals surface area contributed by atoms with Crippen molar-refractivity contribution in [3.8, 4) is 33.4 Å². The van der Waals surface area contributed by atoms with Gasteiger partial charge in [-0.15, -0.1) is 0 Å². The summed E-state index contributed by atoms with van der Waals surface area (Å²) >= 11 is 0. The van der Waals surface area contributed by atoms with Gasteiger partial charge in [0.2, 0.25) is 0 Å². The Labute approximate surface area is 569 Å². The molecule has 12 aromatic rings. The van der Waals surface area contributed by atoms with Gasteiger partial charge in [0.25, 0.3) is 0 Å². The van der Waals surface area contributed by atoms with Gasteiger partial charge >= 0.3 is 0 Å². The minimum Gasteiger partial charge on any atom is -0.311 e. The molecular weight excluding hydrogens is 1160 g/mol. The molecule has 2 saturated carbocycles. The van der Waals surface area contributed by atoms with Crippen molar-refractivity contribution in [2.24, 2.45) is 0 Å². The lowest BCUT2D eigenvalue weighted by molar-refractivity contribution is 0.353. The van der Waals surface area contributed by atoms with E-state index in [1.54, 1.807) is 0 Å². The van der Waals surface area contributed by atoms with Crippen LogP contribution in [0.5, 0.6) is 0 Å². The summed E-state index contributed by atoms with van der Waals surface area (Å²) in [6.07, 6.45) is 12.3. The average Bonchev–Trinajstić information content (AvgIpc) is 1.57. The Hall–Kier alpha value is -10.2. The van der Waals surface area contributed by atoms with Crippen LogP contribution in [-0.4, -0.2) is 0 Å². The second-order valence-corrected chi connectivity index (χ2v) is 29.6. The highest BCUT2D eigenvalue weighted by Crippen LogP contribution is 2.59. The Balaban J connectivity index is 0.770. The SMILES string of the molecule is CC(C)(C)c1ccc(N(c2ccccc2)c2ccc(N(c3ccc(-c4ccc(N(c5ccc(N(c6ccccc6)c6ccc(C(C)(C)C)cc6)cc5)c5ccc6c(c5)C5(CCCCC5)c5ccccc5-6)cc4)cc3)c3ccc4c(c3)C3(CCCCC3)c3ccccc3-4)cc2)cc1. The summed E-state index contributed by atoms with van der Waals surface area (Å²) in [7, 11) is 0. The molecule has 0 N–H and O–H groups in total. The molecule has 0 heterocycles. The van der Waals surface area contributed by atoms with Gasteiger partial charge in [0.05, 0.1) is 0 Å². The van der Waals surface area contributed by atoms with Gasteiger partial charge in [0, 0.05) is 79.1 Å². The fourth-order valence-electron chi connectivity index (χ4n) is 16.8. The minimum absolute atomic E-state index is 0.0242. The quantitative estimate of drug-likeness (QED) is 0.114. The van der Waals surface area contributed by atoms with Crippen molar-refractivity contribution in [2.45, 2.75) is 127 Å². The summed E-state index contributed by atoms with van der Waals surface area (Å²) in [6.45, 7) is 13.7. The normalized spacial score (nSPS) is 14.9. The number of para-hydroxylation sites is 2. The largest absolute Gasteiger partial charge is 0.311 e. The Kier molecular flexibility index (Phi) is 15.5. The summed E-state index contributed by atoms with van der Waals surface area (Å²) in [5.41, 5.74) is 30.2. The first kappa shape index (κ1) is 60.8. The van der Waals surface area contributed by atoms with Crippen molar-refractivity contribution in [3.05, 3.63) is 325 Å². The third-order valence-corrected chi connectivity index (χ3v) is 21.8. The van der Waals surface area contributed by atoms with Gasteiger partial charge in [-0.2, -0.15) is 0 Å². The van der Waals surface area contributed by atoms with Gasteiger partial charge in [-0.3, -0.25) is 0 Å². The van der Waals surface area contributed by atoms with Crippen molar-refractivity contribution in [1.82, 2.24) is 0 Å². The Bertz CT molecular complexity index is 4430. The van der Waals surface area contributed by atoms with E-state index in [4.69, 9.17) is 0 Å². The fraction of sp³-hybridized carbons (Fsp3) is 0.217. The van der Waals surface area contributed by atoms with E-state index in [9.17, 15) is 0 Å². The zero-order valence-corrected chi connectivity index (χ0v) is 56.6. The van der Waals surface area contributed by atoms with Gasteiger partial charge < -0.3 is 19.6 Å². The lowest BCUT2D eigenvalue weighted by atomic mass is 9.68. The second kappa shape index (κ2) is 24.6. The Morgan fingerprint density at radius 1 is 0.219 bits per heavy atom. The van der Waals surface area contributed by atoms with Gasteiger partial charge in [0.1, 0.15) is 0 Å². The first-order valence-electron chi connectivity index (χ1n) is 35.2. The molecule has 0 aliphatic heterocycles. The van der Waals surface area contributed by atoms with Crippen molar-refractivity contribution < 1.29 is 0 Å². The molecule has 0 aromatic heterocycles. The van der Waals surface area contributed by atoms with Crippen LogP contribution in [0.4, 0.5) is 68.2 Å². The highest BCUT2D eigenvalue weighted by molar-refractivity contribution is 5.90. The zero-order chi connectivity index (χ0) is 65.2. The molecule has 0 radical (unpaired) electrons. The van der Waals surface area contributed by atoms with Crippen LogP contribution >= 0.6 is 0 Å². The number of anilines is 12. The molecule has 4 aliphatic carbocycles. The van der Waals surface area contributed by atoms with Crippen molar-refractivity contribution in [3.63, 3.8) is 0 Å². The molecule has 474 valence electrons.